The average Bonchev–Trinajstić information content (AvgIpc) is 2.85. The molecule has 0 spiro atoms. The first-order chi connectivity index (χ1) is 9.08. The fraction of sp³-hybridized carbons (Fsp3) is 0.600. The minimum absolute atomic E-state index is 0.298. The third-order valence-electron chi connectivity index (χ3n) is 4.42. The third kappa shape index (κ3) is 2.88. The molecule has 2 N–H and O–H groups in total. The normalized spacial score (nSPS) is 17.4. The number of aromatic nitrogens is 1. The number of aryl methyl sites for hydroxylation is 1. The van der Waals surface area contributed by atoms with Crippen molar-refractivity contribution in [1.29, 1.82) is 0 Å². The summed E-state index contributed by atoms with van der Waals surface area (Å²) in [4.78, 5) is 15.5. The molecule has 0 bridgehead atoms. The molecule has 0 saturated heterocycles. The van der Waals surface area contributed by atoms with Crippen molar-refractivity contribution in [2.75, 3.05) is 11.9 Å². The lowest BCUT2D eigenvalue weighted by Crippen LogP contribution is -2.27. The minimum atomic E-state index is -0.912. The molecule has 0 aromatic carbocycles. The van der Waals surface area contributed by atoms with Crippen LogP contribution in [0.4, 0.5) is 5.82 Å². The molecule has 2 rings (SSSR count). The second-order valence-electron chi connectivity index (χ2n) is 5.57. The van der Waals surface area contributed by atoms with Gasteiger partial charge in [0.2, 0.25) is 0 Å². The number of carboxylic acid groups (broad SMARTS) is 1. The Morgan fingerprint density at radius 1 is 1.47 bits per heavy atom. The van der Waals surface area contributed by atoms with Crippen molar-refractivity contribution in [3.8, 4) is 0 Å². The van der Waals surface area contributed by atoms with Gasteiger partial charge in [0.25, 0.3) is 0 Å². The van der Waals surface area contributed by atoms with Crippen molar-refractivity contribution in [2.24, 2.45) is 5.41 Å². The molecule has 1 fully saturated rings. The molecule has 1 aliphatic rings. The van der Waals surface area contributed by atoms with Crippen LogP contribution in [-0.4, -0.2) is 22.6 Å². The van der Waals surface area contributed by atoms with E-state index in [1.165, 1.54) is 25.7 Å². The molecular formula is C15H22N2O2. The average molecular weight is 262 g/mol. The Labute approximate surface area is 114 Å². The molecule has 104 valence electrons. The van der Waals surface area contributed by atoms with E-state index in [0.29, 0.717) is 16.8 Å². The van der Waals surface area contributed by atoms with Crippen LogP contribution in [0, 0.1) is 12.3 Å². The summed E-state index contributed by atoms with van der Waals surface area (Å²) in [6.45, 7) is 4.84. The van der Waals surface area contributed by atoms with Crippen molar-refractivity contribution in [1.82, 2.24) is 4.98 Å². The predicted octanol–water partition coefficient (Wildman–Crippen LogP) is 3.47. The van der Waals surface area contributed by atoms with E-state index < -0.39 is 5.97 Å². The van der Waals surface area contributed by atoms with Crippen LogP contribution in [0.2, 0.25) is 0 Å². The van der Waals surface area contributed by atoms with Gasteiger partial charge in [0.15, 0.2) is 0 Å². The van der Waals surface area contributed by atoms with Crippen molar-refractivity contribution in [2.45, 2.75) is 46.0 Å². The zero-order chi connectivity index (χ0) is 13.9. The highest BCUT2D eigenvalue weighted by atomic mass is 16.4. The third-order valence-corrected chi connectivity index (χ3v) is 4.42. The van der Waals surface area contributed by atoms with Gasteiger partial charge in [-0.2, -0.15) is 0 Å². The molecule has 1 saturated carbocycles. The highest BCUT2D eigenvalue weighted by Gasteiger charge is 2.32. The highest BCUT2D eigenvalue weighted by molar-refractivity contribution is 5.94. The Kier molecular flexibility index (Phi) is 4.08. The van der Waals surface area contributed by atoms with Gasteiger partial charge in [0, 0.05) is 12.7 Å². The first-order valence-electron chi connectivity index (χ1n) is 7.01. The summed E-state index contributed by atoms with van der Waals surface area (Å²) < 4.78 is 0. The van der Waals surface area contributed by atoms with Gasteiger partial charge >= 0.3 is 5.97 Å². The summed E-state index contributed by atoms with van der Waals surface area (Å²) in [7, 11) is 0. The number of carbonyl (C=O) groups is 1. The molecule has 0 radical (unpaired) electrons. The first kappa shape index (κ1) is 13.8. The number of pyridine rings is 1. The molecule has 1 aromatic heterocycles. The van der Waals surface area contributed by atoms with Gasteiger partial charge in [0.05, 0.1) is 0 Å². The van der Waals surface area contributed by atoms with E-state index in [-0.39, 0.29) is 0 Å². The van der Waals surface area contributed by atoms with E-state index in [0.717, 1.165) is 18.5 Å². The van der Waals surface area contributed by atoms with Gasteiger partial charge in [-0.05, 0) is 43.2 Å². The van der Waals surface area contributed by atoms with Crippen LogP contribution in [-0.2, 0) is 0 Å². The lowest BCUT2D eigenvalue weighted by molar-refractivity contribution is 0.0696. The predicted molar refractivity (Wildman–Crippen MR) is 75.6 cm³/mol. The maximum absolute atomic E-state index is 11.3. The van der Waals surface area contributed by atoms with Crippen molar-refractivity contribution in [3.63, 3.8) is 0 Å². The molecule has 0 amide bonds. The van der Waals surface area contributed by atoms with E-state index >= 15 is 0 Å². The number of nitrogens with one attached hydrogen (secondary N) is 1. The van der Waals surface area contributed by atoms with Crippen LogP contribution >= 0.6 is 0 Å². The van der Waals surface area contributed by atoms with Crippen LogP contribution < -0.4 is 5.32 Å². The Bertz CT molecular complexity index is 465. The molecule has 1 aliphatic carbocycles. The van der Waals surface area contributed by atoms with Crippen LogP contribution in [0.1, 0.15) is 54.9 Å². The second kappa shape index (κ2) is 5.59. The minimum Gasteiger partial charge on any atom is -0.478 e. The summed E-state index contributed by atoms with van der Waals surface area (Å²) in [6.07, 6.45) is 7.81. The van der Waals surface area contributed by atoms with Crippen LogP contribution in [0.25, 0.3) is 0 Å². The second-order valence-corrected chi connectivity index (χ2v) is 5.57. The Morgan fingerprint density at radius 3 is 2.74 bits per heavy atom. The zero-order valence-corrected chi connectivity index (χ0v) is 11.7. The smallest absolute Gasteiger partial charge is 0.339 e. The Balaban J connectivity index is 2.15. The molecule has 1 aromatic rings. The van der Waals surface area contributed by atoms with E-state index in [4.69, 9.17) is 0 Å². The number of rotatable bonds is 5. The first-order valence-corrected chi connectivity index (χ1v) is 7.01. The Morgan fingerprint density at radius 2 is 2.16 bits per heavy atom. The molecule has 0 aliphatic heterocycles. The quantitative estimate of drug-likeness (QED) is 0.853. The molecule has 0 unspecified atom stereocenters. The highest BCUT2D eigenvalue weighted by Crippen LogP contribution is 2.41. The number of nitrogens with zero attached hydrogens (tertiary/aromatic N) is 1. The van der Waals surface area contributed by atoms with Crippen molar-refractivity contribution < 1.29 is 9.90 Å². The number of carboxylic acids is 1. The van der Waals surface area contributed by atoms with Crippen LogP contribution in [0.15, 0.2) is 12.3 Å². The lowest BCUT2D eigenvalue weighted by atomic mass is 9.83. The van der Waals surface area contributed by atoms with Crippen LogP contribution in [0.3, 0.4) is 0 Å². The standard InChI is InChI=1S/C15H22N2O2/c1-3-15(7-4-5-8-15)10-17-13-12(14(18)19)11(2)6-9-16-13/h6,9H,3-5,7-8,10H2,1-2H3,(H,16,17)(H,18,19). The lowest BCUT2D eigenvalue weighted by Gasteiger charge is -2.28. The number of hydrogen-bond donors (Lipinski definition) is 2. The van der Waals surface area contributed by atoms with E-state index in [1.54, 1.807) is 12.3 Å². The largest absolute Gasteiger partial charge is 0.478 e. The van der Waals surface area contributed by atoms with E-state index in [1.807, 2.05) is 6.92 Å². The summed E-state index contributed by atoms with van der Waals surface area (Å²) in [5.74, 6) is -0.405. The van der Waals surface area contributed by atoms with Gasteiger partial charge < -0.3 is 10.4 Å². The van der Waals surface area contributed by atoms with Gasteiger partial charge in [-0.1, -0.05) is 19.8 Å². The summed E-state index contributed by atoms with van der Waals surface area (Å²) in [5.41, 5.74) is 1.37. The van der Waals surface area contributed by atoms with Gasteiger partial charge in [-0.3, -0.25) is 0 Å². The van der Waals surface area contributed by atoms with Crippen LogP contribution in [0.5, 0.6) is 0 Å². The topological polar surface area (TPSA) is 62.2 Å². The summed E-state index contributed by atoms with van der Waals surface area (Å²) in [6, 6.07) is 1.74. The SMILES string of the molecule is CCC1(CNc2nccc(C)c2C(=O)O)CCCC1. The van der Waals surface area contributed by atoms with E-state index in [2.05, 4.69) is 17.2 Å². The summed E-state index contributed by atoms with van der Waals surface area (Å²) >= 11 is 0. The zero-order valence-electron chi connectivity index (χ0n) is 11.7. The van der Waals surface area contributed by atoms with E-state index in [9.17, 15) is 9.90 Å². The van der Waals surface area contributed by atoms with Gasteiger partial charge in [-0.25, -0.2) is 9.78 Å². The molecular weight excluding hydrogens is 240 g/mol. The fourth-order valence-electron chi connectivity index (χ4n) is 3.01. The molecule has 0 atom stereocenters. The van der Waals surface area contributed by atoms with Gasteiger partial charge in [-0.15, -0.1) is 0 Å². The fourth-order valence-corrected chi connectivity index (χ4v) is 3.01. The number of anilines is 1. The Hall–Kier alpha value is -1.58. The molecule has 19 heavy (non-hydrogen) atoms. The van der Waals surface area contributed by atoms with Crippen molar-refractivity contribution >= 4 is 11.8 Å². The maximum Gasteiger partial charge on any atom is 0.339 e. The molecule has 1 heterocycles. The van der Waals surface area contributed by atoms with Gasteiger partial charge in [0.1, 0.15) is 11.4 Å². The summed E-state index contributed by atoms with van der Waals surface area (Å²) in [5, 5.41) is 12.6. The molecule has 4 heteroatoms. The van der Waals surface area contributed by atoms with Crippen molar-refractivity contribution in [3.05, 3.63) is 23.4 Å². The maximum atomic E-state index is 11.3. The monoisotopic (exact) mass is 262 g/mol. The number of aromatic carboxylic acids is 1. The number of hydrogen-bond acceptors (Lipinski definition) is 3. The molecule has 4 nitrogen and oxygen atoms in total.